The van der Waals surface area contributed by atoms with Crippen molar-refractivity contribution >= 4 is 28.4 Å². The van der Waals surface area contributed by atoms with Crippen LogP contribution in [-0.4, -0.2) is 35.3 Å². The molecule has 2 aromatic rings. The van der Waals surface area contributed by atoms with Crippen LogP contribution in [0, 0.1) is 5.92 Å². The van der Waals surface area contributed by atoms with E-state index in [0.29, 0.717) is 28.6 Å². The van der Waals surface area contributed by atoms with Crippen LogP contribution < -0.4 is 10.1 Å². The van der Waals surface area contributed by atoms with Crippen molar-refractivity contribution in [2.24, 2.45) is 5.92 Å². The molecule has 23 heavy (non-hydrogen) atoms. The van der Waals surface area contributed by atoms with Gasteiger partial charge in [0.15, 0.2) is 6.61 Å². The summed E-state index contributed by atoms with van der Waals surface area (Å²) in [6.45, 7) is 3.85. The topological polar surface area (TPSA) is 71.5 Å². The van der Waals surface area contributed by atoms with Crippen molar-refractivity contribution in [1.29, 1.82) is 0 Å². The summed E-state index contributed by atoms with van der Waals surface area (Å²) in [5.41, 5.74) is 0.619. The second-order valence-corrected chi connectivity index (χ2v) is 6.22. The Balaban J connectivity index is 2.01. The lowest BCUT2D eigenvalue weighted by Gasteiger charge is -2.18. The predicted molar refractivity (Wildman–Crippen MR) is 90.7 cm³/mol. The maximum atomic E-state index is 12.0. The van der Waals surface area contributed by atoms with E-state index in [1.54, 1.807) is 24.4 Å². The molecule has 6 heteroatoms. The molecule has 0 saturated carbocycles. The number of halogens is 1. The van der Waals surface area contributed by atoms with Crippen LogP contribution in [0.1, 0.15) is 20.3 Å². The summed E-state index contributed by atoms with van der Waals surface area (Å²) in [4.78, 5) is 16.2. The van der Waals surface area contributed by atoms with Gasteiger partial charge >= 0.3 is 0 Å². The van der Waals surface area contributed by atoms with Gasteiger partial charge in [-0.2, -0.15) is 0 Å². The lowest BCUT2D eigenvalue weighted by atomic mass is 10.0. The number of carbonyl (C=O) groups excluding carboxylic acids is 1. The van der Waals surface area contributed by atoms with Crippen molar-refractivity contribution < 1.29 is 14.6 Å². The molecule has 0 aliphatic carbocycles. The smallest absolute Gasteiger partial charge is 0.258 e. The first kappa shape index (κ1) is 17.5. The molecule has 1 aromatic heterocycles. The Morgan fingerprint density at radius 3 is 2.87 bits per heavy atom. The number of amides is 1. The molecule has 124 valence electrons. The first-order chi connectivity index (χ1) is 11.0. The summed E-state index contributed by atoms with van der Waals surface area (Å²) in [7, 11) is 0. The molecule has 0 aliphatic heterocycles. The monoisotopic (exact) mass is 336 g/mol. The quantitative estimate of drug-likeness (QED) is 0.815. The molecule has 1 heterocycles. The minimum Gasteiger partial charge on any atom is -0.481 e. The van der Waals surface area contributed by atoms with Gasteiger partial charge in [-0.05, 0) is 36.6 Å². The second kappa shape index (κ2) is 8.13. The van der Waals surface area contributed by atoms with Crippen LogP contribution >= 0.6 is 11.6 Å². The van der Waals surface area contributed by atoms with E-state index < -0.39 is 0 Å². The fourth-order valence-electron chi connectivity index (χ4n) is 2.39. The van der Waals surface area contributed by atoms with E-state index in [2.05, 4.69) is 10.3 Å². The van der Waals surface area contributed by atoms with Gasteiger partial charge in [-0.1, -0.05) is 25.4 Å². The van der Waals surface area contributed by atoms with Crippen LogP contribution in [0.15, 0.2) is 30.5 Å². The SMILES string of the molecule is CC(C)CC(CO)NC(=O)COc1ccc(Cl)c2cccnc12. The average molecular weight is 337 g/mol. The zero-order valence-electron chi connectivity index (χ0n) is 13.3. The third-order valence-electron chi connectivity index (χ3n) is 3.38. The van der Waals surface area contributed by atoms with Crippen molar-refractivity contribution in [3.8, 4) is 5.75 Å². The fraction of sp³-hybridized carbons (Fsp3) is 0.412. The Hall–Kier alpha value is -1.85. The average Bonchev–Trinajstić information content (AvgIpc) is 2.53. The highest BCUT2D eigenvalue weighted by molar-refractivity contribution is 6.35. The molecule has 0 fully saturated rings. The first-order valence-electron chi connectivity index (χ1n) is 7.57. The number of aliphatic hydroxyl groups excluding tert-OH is 1. The Labute approximate surface area is 140 Å². The summed E-state index contributed by atoms with van der Waals surface area (Å²) >= 11 is 6.13. The maximum Gasteiger partial charge on any atom is 0.258 e. The molecule has 1 aromatic carbocycles. The van der Waals surface area contributed by atoms with E-state index in [0.717, 1.165) is 5.39 Å². The number of nitrogens with one attached hydrogen (secondary N) is 1. The van der Waals surface area contributed by atoms with Gasteiger partial charge in [0.2, 0.25) is 0 Å². The third-order valence-corrected chi connectivity index (χ3v) is 3.71. The standard InChI is InChI=1S/C17H21ClN2O3/c1-11(2)8-12(9-21)20-16(22)10-23-15-6-5-14(18)13-4-3-7-19-17(13)15/h3-7,11-12,21H,8-10H2,1-2H3,(H,20,22). The van der Waals surface area contributed by atoms with Gasteiger partial charge < -0.3 is 15.2 Å². The van der Waals surface area contributed by atoms with Crippen molar-refractivity contribution in [3.05, 3.63) is 35.5 Å². The molecule has 1 unspecified atom stereocenters. The van der Waals surface area contributed by atoms with E-state index >= 15 is 0 Å². The zero-order chi connectivity index (χ0) is 16.8. The number of nitrogens with zero attached hydrogens (tertiary/aromatic N) is 1. The van der Waals surface area contributed by atoms with Crippen molar-refractivity contribution in [1.82, 2.24) is 10.3 Å². The minimum absolute atomic E-state index is 0.0879. The lowest BCUT2D eigenvalue weighted by molar-refractivity contribution is -0.124. The van der Waals surface area contributed by atoms with Crippen molar-refractivity contribution in [2.75, 3.05) is 13.2 Å². The van der Waals surface area contributed by atoms with Crippen LogP contribution in [0.25, 0.3) is 10.9 Å². The van der Waals surface area contributed by atoms with Gasteiger partial charge in [-0.25, -0.2) is 0 Å². The summed E-state index contributed by atoms with van der Waals surface area (Å²) < 4.78 is 5.57. The summed E-state index contributed by atoms with van der Waals surface area (Å²) in [5, 5.41) is 13.4. The Morgan fingerprint density at radius 1 is 1.39 bits per heavy atom. The summed E-state index contributed by atoms with van der Waals surface area (Å²) in [5.74, 6) is 0.617. The molecule has 5 nitrogen and oxygen atoms in total. The molecule has 1 atom stereocenters. The second-order valence-electron chi connectivity index (χ2n) is 5.81. The number of fused-ring (bicyclic) bond motifs is 1. The fourth-order valence-corrected chi connectivity index (χ4v) is 2.60. The van der Waals surface area contributed by atoms with Gasteiger partial charge in [0.25, 0.3) is 5.91 Å². The summed E-state index contributed by atoms with van der Waals surface area (Å²) in [6.07, 6.45) is 2.36. The lowest BCUT2D eigenvalue weighted by Crippen LogP contribution is -2.40. The molecule has 0 aliphatic rings. The summed E-state index contributed by atoms with van der Waals surface area (Å²) in [6, 6.07) is 6.80. The highest BCUT2D eigenvalue weighted by atomic mass is 35.5. The van der Waals surface area contributed by atoms with Gasteiger partial charge in [-0.3, -0.25) is 9.78 Å². The highest BCUT2D eigenvalue weighted by Crippen LogP contribution is 2.29. The largest absolute Gasteiger partial charge is 0.481 e. The van der Waals surface area contributed by atoms with E-state index in [4.69, 9.17) is 16.3 Å². The van der Waals surface area contributed by atoms with Crippen LogP contribution in [0.2, 0.25) is 5.02 Å². The van der Waals surface area contributed by atoms with E-state index in [1.165, 1.54) is 0 Å². The van der Waals surface area contributed by atoms with Crippen LogP contribution in [-0.2, 0) is 4.79 Å². The molecule has 0 radical (unpaired) electrons. The number of ether oxygens (including phenoxy) is 1. The molecule has 2 N–H and O–H groups in total. The number of aliphatic hydroxyl groups is 1. The molecular weight excluding hydrogens is 316 g/mol. The van der Waals surface area contributed by atoms with Gasteiger partial charge in [0.1, 0.15) is 11.3 Å². The van der Waals surface area contributed by atoms with Gasteiger partial charge in [0.05, 0.1) is 17.7 Å². The number of benzene rings is 1. The van der Waals surface area contributed by atoms with Gasteiger partial charge in [0, 0.05) is 11.6 Å². The molecule has 0 saturated heterocycles. The van der Waals surface area contributed by atoms with Gasteiger partial charge in [-0.15, -0.1) is 0 Å². The number of carbonyl (C=O) groups is 1. The molecule has 0 spiro atoms. The Bertz CT molecular complexity index is 676. The van der Waals surface area contributed by atoms with E-state index in [9.17, 15) is 9.90 Å². The number of hydrogen-bond acceptors (Lipinski definition) is 4. The minimum atomic E-state index is -0.274. The molecular formula is C17H21ClN2O3. The third kappa shape index (κ3) is 4.81. The maximum absolute atomic E-state index is 12.0. The molecule has 2 rings (SSSR count). The number of hydrogen-bond donors (Lipinski definition) is 2. The number of rotatable bonds is 7. The van der Waals surface area contributed by atoms with E-state index in [-0.39, 0.29) is 25.2 Å². The normalized spacial score (nSPS) is 12.4. The number of aromatic nitrogens is 1. The van der Waals surface area contributed by atoms with E-state index in [1.807, 2.05) is 19.9 Å². The van der Waals surface area contributed by atoms with Crippen LogP contribution in [0.4, 0.5) is 0 Å². The highest BCUT2D eigenvalue weighted by Gasteiger charge is 2.14. The molecule has 0 bridgehead atoms. The van der Waals surface area contributed by atoms with Crippen molar-refractivity contribution in [3.63, 3.8) is 0 Å². The van der Waals surface area contributed by atoms with Crippen molar-refractivity contribution in [2.45, 2.75) is 26.3 Å². The predicted octanol–water partition coefficient (Wildman–Crippen LogP) is 2.79. The first-order valence-corrected chi connectivity index (χ1v) is 7.95. The molecule has 1 amide bonds. The Kier molecular flexibility index (Phi) is 6.19. The van der Waals surface area contributed by atoms with Crippen LogP contribution in [0.5, 0.6) is 5.75 Å². The zero-order valence-corrected chi connectivity index (χ0v) is 14.0. The van der Waals surface area contributed by atoms with Crippen LogP contribution in [0.3, 0.4) is 0 Å². The number of pyridine rings is 1. The Morgan fingerprint density at radius 2 is 2.17 bits per heavy atom.